The van der Waals surface area contributed by atoms with Crippen LogP contribution in [0.15, 0.2) is 18.3 Å². The molecule has 2 aromatic heterocycles. The molecule has 0 saturated carbocycles. The van der Waals surface area contributed by atoms with E-state index in [1.165, 1.54) is 0 Å². The van der Waals surface area contributed by atoms with E-state index in [0.29, 0.717) is 11.0 Å². The van der Waals surface area contributed by atoms with Crippen LogP contribution in [0.25, 0.3) is 11.5 Å². The first-order valence-corrected chi connectivity index (χ1v) is 5.10. The third-order valence-electron chi connectivity index (χ3n) is 2.16. The molecule has 0 aromatic carbocycles. The van der Waals surface area contributed by atoms with Crippen LogP contribution in [0.2, 0.25) is 5.15 Å². The van der Waals surface area contributed by atoms with Crippen LogP contribution in [0.1, 0.15) is 12.6 Å². The zero-order chi connectivity index (χ0) is 10.8. The molecule has 5 heteroatoms. The van der Waals surface area contributed by atoms with Crippen molar-refractivity contribution in [3.63, 3.8) is 0 Å². The monoisotopic (exact) mass is 222 g/mol. The Labute approximate surface area is 92.9 Å². The number of hydrogen-bond acceptors (Lipinski definition) is 3. The van der Waals surface area contributed by atoms with Gasteiger partial charge < -0.3 is 0 Å². The van der Waals surface area contributed by atoms with Crippen molar-refractivity contribution in [1.29, 1.82) is 0 Å². The van der Waals surface area contributed by atoms with Crippen LogP contribution in [0.4, 0.5) is 0 Å². The molecular formula is C10H11ClN4. The lowest BCUT2D eigenvalue weighted by Crippen LogP contribution is -2.00. The van der Waals surface area contributed by atoms with Crippen molar-refractivity contribution >= 4 is 11.6 Å². The van der Waals surface area contributed by atoms with Gasteiger partial charge >= 0.3 is 0 Å². The van der Waals surface area contributed by atoms with Crippen molar-refractivity contribution in [3.05, 3.63) is 29.2 Å². The molecule has 0 saturated heterocycles. The molecule has 15 heavy (non-hydrogen) atoms. The van der Waals surface area contributed by atoms with Crippen LogP contribution in [0.3, 0.4) is 0 Å². The second-order valence-electron chi connectivity index (χ2n) is 3.20. The van der Waals surface area contributed by atoms with Gasteiger partial charge in [0.15, 0.2) is 5.82 Å². The minimum absolute atomic E-state index is 0.470. The predicted octanol–water partition coefficient (Wildman–Crippen LogP) is 2.09. The summed E-state index contributed by atoms with van der Waals surface area (Å²) in [6, 6.07) is 3.65. The molecule has 2 aromatic rings. The highest BCUT2D eigenvalue weighted by atomic mass is 35.5. The molecule has 0 N–H and O–H groups in total. The van der Waals surface area contributed by atoms with Crippen molar-refractivity contribution in [2.75, 3.05) is 0 Å². The van der Waals surface area contributed by atoms with Crippen molar-refractivity contribution in [2.24, 2.45) is 7.05 Å². The number of aromatic nitrogens is 4. The highest BCUT2D eigenvalue weighted by molar-refractivity contribution is 6.29. The van der Waals surface area contributed by atoms with E-state index < -0.39 is 0 Å². The first-order chi connectivity index (χ1) is 7.20. The summed E-state index contributed by atoms with van der Waals surface area (Å²) >= 11 is 5.92. The standard InChI is InChI=1S/C10H11ClN4/c1-3-7-6-9(11)14-10(13-7)8-4-5-12-15(8)2/h4-6H,3H2,1-2H3. The molecule has 0 aliphatic heterocycles. The minimum atomic E-state index is 0.470. The largest absolute Gasteiger partial charge is 0.265 e. The smallest absolute Gasteiger partial charge is 0.179 e. The van der Waals surface area contributed by atoms with Gasteiger partial charge in [0.2, 0.25) is 0 Å². The topological polar surface area (TPSA) is 43.6 Å². The van der Waals surface area contributed by atoms with Crippen LogP contribution in [-0.4, -0.2) is 19.7 Å². The highest BCUT2D eigenvalue weighted by Gasteiger charge is 2.08. The molecule has 4 nitrogen and oxygen atoms in total. The first-order valence-electron chi connectivity index (χ1n) is 4.72. The second-order valence-corrected chi connectivity index (χ2v) is 3.59. The molecule has 2 heterocycles. The zero-order valence-electron chi connectivity index (χ0n) is 8.61. The Morgan fingerprint density at radius 3 is 2.80 bits per heavy atom. The SMILES string of the molecule is CCc1cc(Cl)nc(-c2ccnn2C)n1. The Morgan fingerprint density at radius 2 is 2.20 bits per heavy atom. The quantitative estimate of drug-likeness (QED) is 0.731. The summed E-state index contributed by atoms with van der Waals surface area (Å²) < 4.78 is 1.73. The van der Waals surface area contributed by atoms with Gasteiger partial charge in [0.1, 0.15) is 10.8 Å². The van der Waals surface area contributed by atoms with Crippen LogP contribution in [0, 0.1) is 0 Å². The summed E-state index contributed by atoms with van der Waals surface area (Å²) in [5.41, 5.74) is 1.80. The Hall–Kier alpha value is -1.42. The summed E-state index contributed by atoms with van der Waals surface area (Å²) in [6.07, 6.45) is 2.55. The third-order valence-corrected chi connectivity index (χ3v) is 2.35. The van der Waals surface area contributed by atoms with E-state index >= 15 is 0 Å². The van der Waals surface area contributed by atoms with Crippen LogP contribution in [-0.2, 0) is 13.5 Å². The molecule has 0 unspecified atom stereocenters. The maximum absolute atomic E-state index is 5.92. The lowest BCUT2D eigenvalue weighted by molar-refractivity contribution is 0.768. The van der Waals surface area contributed by atoms with Gasteiger partial charge in [-0.15, -0.1) is 0 Å². The highest BCUT2D eigenvalue weighted by Crippen LogP contribution is 2.17. The van der Waals surface area contributed by atoms with Gasteiger partial charge in [-0.05, 0) is 18.6 Å². The fourth-order valence-corrected chi connectivity index (χ4v) is 1.56. The Bertz CT molecular complexity index is 478. The van der Waals surface area contributed by atoms with E-state index in [2.05, 4.69) is 15.1 Å². The number of nitrogens with zero attached hydrogens (tertiary/aromatic N) is 4. The van der Waals surface area contributed by atoms with Gasteiger partial charge in [-0.2, -0.15) is 5.10 Å². The fraction of sp³-hybridized carbons (Fsp3) is 0.300. The van der Waals surface area contributed by atoms with E-state index in [0.717, 1.165) is 17.8 Å². The summed E-state index contributed by atoms with van der Waals surface area (Å²) in [5.74, 6) is 0.624. The molecule has 0 radical (unpaired) electrons. The van der Waals surface area contributed by atoms with E-state index in [9.17, 15) is 0 Å². The number of rotatable bonds is 2. The molecule has 0 spiro atoms. The average molecular weight is 223 g/mol. The molecule has 0 fully saturated rings. The maximum atomic E-state index is 5.92. The molecule has 0 aliphatic rings. The predicted molar refractivity (Wildman–Crippen MR) is 58.6 cm³/mol. The minimum Gasteiger partial charge on any atom is -0.265 e. The number of halogens is 1. The third kappa shape index (κ3) is 1.99. The van der Waals surface area contributed by atoms with Gasteiger partial charge in [-0.1, -0.05) is 18.5 Å². The van der Waals surface area contributed by atoms with Crippen LogP contribution < -0.4 is 0 Å². The number of hydrogen-bond donors (Lipinski definition) is 0. The molecule has 0 atom stereocenters. The summed E-state index contributed by atoms with van der Waals surface area (Å²) in [7, 11) is 1.85. The van der Waals surface area contributed by atoms with E-state index in [1.54, 1.807) is 16.9 Å². The summed E-state index contributed by atoms with van der Waals surface area (Å²) in [6.45, 7) is 2.03. The maximum Gasteiger partial charge on any atom is 0.179 e. The Balaban J connectivity index is 2.53. The second kappa shape index (κ2) is 3.98. The zero-order valence-corrected chi connectivity index (χ0v) is 9.36. The van der Waals surface area contributed by atoms with Crippen molar-refractivity contribution < 1.29 is 0 Å². The van der Waals surface area contributed by atoms with Gasteiger partial charge in [-0.25, -0.2) is 9.97 Å². The van der Waals surface area contributed by atoms with Gasteiger partial charge in [0.05, 0.1) is 0 Å². The van der Waals surface area contributed by atoms with Gasteiger partial charge in [-0.3, -0.25) is 4.68 Å². The van der Waals surface area contributed by atoms with Crippen LogP contribution in [0.5, 0.6) is 0 Å². The average Bonchev–Trinajstić information content (AvgIpc) is 2.63. The summed E-state index contributed by atoms with van der Waals surface area (Å²) in [4.78, 5) is 8.58. The van der Waals surface area contributed by atoms with E-state index in [-0.39, 0.29) is 0 Å². The normalized spacial score (nSPS) is 10.6. The number of aryl methyl sites for hydroxylation is 2. The Morgan fingerprint density at radius 1 is 1.40 bits per heavy atom. The van der Waals surface area contributed by atoms with E-state index in [4.69, 9.17) is 11.6 Å². The van der Waals surface area contributed by atoms with E-state index in [1.807, 2.05) is 20.0 Å². The van der Waals surface area contributed by atoms with Crippen molar-refractivity contribution in [3.8, 4) is 11.5 Å². The fourth-order valence-electron chi connectivity index (χ4n) is 1.35. The molecule has 78 valence electrons. The Kier molecular flexibility index (Phi) is 2.68. The summed E-state index contributed by atoms with van der Waals surface area (Å²) in [5, 5.41) is 4.54. The molecule has 2 rings (SSSR count). The molecule has 0 aliphatic carbocycles. The molecule has 0 bridgehead atoms. The van der Waals surface area contributed by atoms with Crippen molar-refractivity contribution in [1.82, 2.24) is 19.7 Å². The van der Waals surface area contributed by atoms with Gasteiger partial charge in [0.25, 0.3) is 0 Å². The lowest BCUT2D eigenvalue weighted by atomic mass is 10.3. The van der Waals surface area contributed by atoms with Crippen molar-refractivity contribution in [2.45, 2.75) is 13.3 Å². The molecular weight excluding hydrogens is 212 g/mol. The van der Waals surface area contributed by atoms with Crippen LogP contribution >= 0.6 is 11.6 Å². The lowest BCUT2D eigenvalue weighted by Gasteiger charge is -2.03. The van der Waals surface area contributed by atoms with Gasteiger partial charge in [0, 0.05) is 18.9 Å². The first kappa shape index (κ1) is 10.1. The molecule has 0 amide bonds.